The lowest BCUT2D eigenvalue weighted by Crippen LogP contribution is -2.38. The second-order valence-corrected chi connectivity index (χ2v) is 4.38. The van der Waals surface area contributed by atoms with Gasteiger partial charge in [-0.05, 0) is 37.7 Å². The maximum absolute atomic E-state index is 13.8. The van der Waals surface area contributed by atoms with Gasteiger partial charge < -0.3 is 10.0 Å². The van der Waals surface area contributed by atoms with E-state index in [1.54, 1.807) is 6.07 Å². The zero-order valence-electron chi connectivity index (χ0n) is 9.16. The summed E-state index contributed by atoms with van der Waals surface area (Å²) in [4.78, 5) is 1.93. The van der Waals surface area contributed by atoms with E-state index in [4.69, 9.17) is 5.11 Å². The normalized spacial score (nSPS) is 26.9. The summed E-state index contributed by atoms with van der Waals surface area (Å²) in [6.45, 7) is 1.20. The van der Waals surface area contributed by atoms with Crippen molar-refractivity contribution in [1.29, 1.82) is 0 Å². The fraction of sp³-hybridized carbons (Fsp3) is 0.500. The molecule has 1 N–H and O–H groups in total. The van der Waals surface area contributed by atoms with Crippen LogP contribution in [0.15, 0.2) is 18.2 Å². The predicted molar refractivity (Wildman–Crippen MR) is 57.8 cm³/mol. The lowest BCUT2D eigenvalue weighted by Gasteiger charge is -2.32. The molecule has 1 heterocycles. The van der Waals surface area contributed by atoms with Gasteiger partial charge in [-0.25, -0.2) is 8.78 Å². The molecule has 1 aliphatic rings. The van der Waals surface area contributed by atoms with Gasteiger partial charge in [-0.15, -0.1) is 0 Å². The second-order valence-electron chi connectivity index (χ2n) is 4.38. The van der Waals surface area contributed by atoms with Gasteiger partial charge >= 0.3 is 0 Å². The maximum Gasteiger partial charge on any atom is 0.165 e. The highest BCUT2D eigenvalue weighted by molar-refractivity contribution is 5.31. The summed E-state index contributed by atoms with van der Waals surface area (Å²) in [6.07, 6.45) is -0.287. The van der Waals surface area contributed by atoms with Gasteiger partial charge in [0.2, 0.25) is 0 Å². The van der Waals surface area contributed by atoms with Crippen LogP contribution in [0.1, 0.15) is 17.9 Å². The Morgan fingerprint density at radius 2 is 2.19 bits per heavy atom. The highest BCUT2D eigenvalue weighted by atomic mass is 19.1. The molecule has 16 heavy (non-hydrogen) atoms. The Morgan fingerprint density at radius 1 is 1.44 bits per heavy atom. The highest BCUT2D eigenvalue weighted by Crippen LogP contribution is 2.31. The lowest BCUT2D eigenvalue weighted by atomic mass is 9.88. The Balaban J connectivity index is 2.20. The lowest BCUT2D eigenvalue weighted by molar-refractivity contribution is 0.139. The van der Waals surface area contributed by atoms with Crippen molar-refractivity contribution in [1.82, 2.24) is 4.90 Å². The molecule has 1 aliphatic heterocycles. The third-order valence-corrected chi connectivity index (χ3v) is 3.14. The van der Waals surface area contributed by atoms with Crippen molar-refractivity contribution in [3.05, 3.63) is 29.6 Å². The van der Waals surface area contributed by atoms with Gasteiger partial charge in [-0.1, -0.05) is 6.07 Å². The maximum atomic E-state index is 13.8. The molecule has 0 saturated carbocycles. The molecule has 0 aliphatic carbocycles. The molecule has 88 valence electrons. The summed E-state index contributed by atoms with van der Waals surface area (Å²) in [5.74, 6) is -1.32. The van der Waals surface area contributed by atoms with Crippen LogP contribution in [0.25, 0.3) is 0 Å². The molecule has 0 spiro atoms. The van der Waals surface area contributed by atoms with E-state index in [0.29, 0.717) is 18.5 Å². The first kappa shape index (κ1) is 11.3. The summed E-state index contributed by atoms with van der Waals surface area (Å²) < 4.78 is 26.9. The number of phenolic OH excluding ortho intramolecular Hbond substituents is 1. The molecule has 2 rings (SSSR count). The number of rotatable bonds is 1. The van der Waals surface area contributed by atoms with E-state index >= 15 is 0 Å². The molecule has 2 atom stereocenters. The number of benzene rings is 1. The molecule has 0 amide bonds. The van der Waals surface area contributed by atoms with Crippen LogP contribution in [0, 0.1) is 5.82 Å². The number of nitrogens with zero attached hydrogens (tertiary/aromatic N) is 1. The Kier molecular flexibility index (Phi) is 3.10. The van der Waals surface area contributed by atoms with E-state index in [9.17, 15) is 8.78 Å². The molecule has 1 aromatic carbocycles. The molecule has 0 unspecified atom stereocenters. The monoisotopic (exact) mass is 227 g/mol. The van der Waals surface area contributed by atoms with Crippen molar-refractivity contribution < 1.29 is 13.9 Å². The summed E-state index contributed by atoms with van der Waals surface area (Å²) in [5, 5.41) is 9.07. The molecule has 1 fully saturated rings. The van der Waals surface area contributed by atoms with Crippen molar-refractivity contribution in [2.24, 2.45) is 0 Å². The van der Waals surface area contributed by atoms with Gasteiger partial charge in [-0.3, -0.25) is 0 Å². The number of piperidine rings is 1. The molecule has 4 heteroatoms. The number of halogens is 2. The van der Waals surface area contributed by atoms with Gasteiger partial charge in [0.05, 0.1) is 0 Å². The van der Waals surface area contributed by atoms with E-state index < -0.39 is 12.0 Å². The largest absolute Gasteiger partial charge is 0.505 e. The highest BCUT2D eigenvalue weighted by Gasteiger charge is 2.29. The van der Waals surface area contributed by atoms with Crippen LogP contribution in [0.2, 0.25) is 0 Å². The van der Waals surface area contributed by atoms with Gasteiger partial charge in [-0.2, -0.15) is 0 Å². The third-order valence-electron chi connectivity index (χ3n) is 3.14. The molecule has 0 bridgehead atoms. The Morgan fingerprint density at radius 3 is 2.81 bits per heavy atom. The minimum atomic E-state index is -0.970. The fourth-order valence-corrected chi connectivity index (χ4v) is 2.19. The van der Waals surface area contributed by atoms with E-state index in [2.05, 4.69) is 0 Å². The first-order chi connectivity index (χ1) is 7.58. The van der Waals surface area contributed by atoms with Crippen molar-refractivity contribution in [2.75, 3.05) is 20.1 Å². The molecule has 1 saturated heterocycles. The number of hydrogen-bond donors (Lipinski definition) is 1. The smallest absolute Gasteiger partial charge is 0.165 e. The predicted octanol–water partition coefficient (Wildman–Crippen LogP) is 2.29. The minimum Gasteiger partial charge on any atom is -0.505 e. The standard InChI is InChI=1S/C12H15F2NO/c1-15-5-4-9(11(14)7-15)8-2-3-12(16)10(13)6-8/h2-3,6,9,11,16H,4-5,7H2,1H3/t9-,11+/m0/s1. The molecule has 1 aromatic rings. The molecule has 0 radical (unpaired) electrons. The van der Waals surface area contributed by atoms with Crippen LogP contribution in [0.5, 0.6) is 5.75 Å². The topological polar surface area (TPSA) is 23.5 Å². The van der Waals surface area contributed by atoms with Crippen molar-refractivity contribution in [2.45, 2.75) is 18.5 Å². The van der Waals surface area contributed by atoms with Crippen LogP contribution in [-0.4, -0.2) is 36.3 Å². The number of hydrogen-bond acceptors (Lipinski definition) is 2. The molecule has 2 nitrogen and oxygen atoms in total. The average molecular weight is 227 g/mol. The molecular formula is C12H15F2NO. The summed E-state index contributed by atoms with van der Waals surface area (Å²) in [6, 6.07) is 4.12. The van der Waals surface area contributed by atoms with E-state index in [0.717, 1.165) is 6.54 Å². The average Bonchev–Trinajstić information content (AvgIpc) is 2.22. The fourth-order valence-electron chi connectivity index (χ4n) is 2.19. The summed E-state index contributed by atoms with van der Waals surface area (Å²) >= 11 is 0. The SMILES string of the molecule is CN1CC[C@@H](c2ccc(O)c(F)c2)[C@H](F)C1. The van der Waals surface area contributed by atoms with Gasteiger partial charge in [0.15, 0.2) is 11.6 Å². The minimum absolute atomic E-state index is 0.258. The van der Waals surface area contributed by atoms with Crippen LogP contribution in [-0.2, 0) is 0 Å². The Hall–Kier alpha value is -1.16. The van der Waals surface area contributed by atoms with Crippen molar-refractivity contribution in [3.8, 4) is 5.75 Å². The van der Waals surface area contributed by atoms with Crippen molar-refractivity contribution in [3.63, 3.8) is 0 Å². The first-order valence-corrected chi connectivity index (χ1v) is 5.39. The van der Waals surface area contributed by atoms with Crippen LogP contribution in [0.4, 0.5) is 8.78 Å². The van der Waals surface area contributed by atoms with Crippen LogP contribution >= 0.6 is 0 Å². The molecule has 0 aromatic heterocycles. The first-order valence-electron chi connectivity index (χ1n) is 5.39. The number of likely N-dealkylation sites (tertiary alicyclic amines) is 1. The number of alkyl halides is 1. The zero-order chi connectivity index (χ0) is 11.7. The Labute approximate surface area is 93.5 Å². The van der Waals surface area contributed by atoms with Crippen LogP contribution in [0.3, 0.4) is 0 Å². The van der Waals surface area contributed by atoms with E-state index in [1.165, 1.54) is 12.1 Å². The van der Waals surface area contributed by atoms with E-state index in [-0.39, 0.29) is 11.7 Å². The van der Waals surface area contributed by atoms with Gasteiger partial charge in [0, 0.05) is 12.5 Å². The van der Waals surface area contributed by atoms with E-state index in [1.807, 2.05) is 11.9 Å². The van der Waals surface area contributed by atoms with Gasteiger partial charge in [0.1, 0.15) is 6.17 Å². The third kappa shape index (κ3) is 2.16. The summed E-state index contributed by atoms with van der Waals surface area (Å²) in [5.41, 5.74) is 0.635. The Bertz CT molecular complexity index is 383. The zero-order valence-corrected chi connectivity index (χ0v) is 9.16. The van der Waals surface area contributed by atoms with Gasteiger partial charge in [0.25, 0.3) is 0 Å². The second kappa shape index (κ2) is 4.37. The summed E-state index contributed by atoms with van der Waals surface area (Å²) in [7, 11) is 1.88. The number of phenols is 1. The van der Waals surface area contributed by atoms with Crippen LogP contribution < -0.4 is 0 Å². The van der Waals surface area contributed by atoms with Crippen molar-refractivity contribution >= 4 is 0 Å². The quantitative estimate of drug-likeness (QED) is 0.795. The molecular weight excluding hydrogens is 212 g/mol. The number of aromatic hydroxyl groups is 1.